The molecule has 3 aromatic carbocycles. The van der Waals surface area contributed by atoms with Crippen LogP contribution in [0.5, 0.6) is 11.5 Å². The molecule has 1 aliphatic heterocycles. The molecule has 1 fully saturated rings. The van der Waals surface area contributed by atoms with Gasteiger partial charge in [-0.3, -0.25) is 9.59 Å². The number of hydrogen-bond donors (Lipinski definition) is 4. The highest BCUT2D eigenvalue weighted by atomic mass is 35.5. The van der Waals surface area contributed by atoms with E-state index in [4.69, 9.17) is 27.9 Å². The van der Waals surface area contributed by atoms with Gasteiger partial charge < -0.3 is 44.9 Å². The SMILES string of the molecule is C[C@H](NCc1ccc(Cl)cc1Oc1ccc(-c2cnc(CN(C)C)n2C)cc1)C(=O)N[C@@H](CO)C(=O)N(C)C1(Cc2ccc(Cl)cc2)CCCN(C(=O)O)C1. The maximum atomic E-state index is 14.0. The lowest BCUT2D eigenvalue weighted by Gasteiger charge is -2.48. The molecule has 3 atom stereocenters. The molecule has 3 amide bonds. The summed E-state index contributed by atoms with van der Waals surface area (Å²) in [5.41, 5.74) is 2.68. The number of rotatable bonds is 15. The third kappa shape index (κ3) is 10.4. The summed E-state index contributed by atoms with van der Waals surface area (Å²) in [6, 6.07) is 18.1. The van der Waals surface area contributed by atoms with Gasteiger partial charge in [0.1, 0.15) is 23.4 Å². The minimum Gasteiger partial charge on any atom is -0.465 e. The molecule has 0 radical (unpaired) electrons. The Labute approximate surface area is 331 Å². The predicted molar refractivity (Wildman–Crippen MR) is 212 cm³/mol. The van der Waals surface area contributed by atoms with Crippen molar-refractivity contribution in [3.8, 4) is 22.8 Å². The van der Waals surface area contributed by atoms with Crippen molar-refractivity contribution >= 4 is 41.1 Å². The Kier molecular flexibility index (Phi) is 13.8. The second-order valence-electron chi connectivity index (χ2n) is 14.3. The number of nitrogens with zero attached hydrogens (tertiary/aromatic N) is 5. The van der Waals surface area contributed by atoms with Crippen LogP contribution in [0.15, 0.2) is 72.9 Å². The number of aliphatic hydroxyl groups is 1. The number of halogens is 2. The highest BCUT2D eigenvalue weighted by Gasteiger charge is 2.44. The molecular formula is C40H49Cl2N7O6. The summed E-state index contributed by atoms with van der Waals surface area (Å²) < 4.78 is 8.32. The minimum atomic E-state index is -1.26. The largest absolute Gasteiger partial charge is 0.465 e. The number of carbonyl (C=O) groups is 3. The first-order valence-corrected chi connectivity index (χ1v) is 18.8. The van der Waals surface area contributed by atoms with E-state index in [2.05, 4.69) is 25.1 Å². The number of amides is 3. The van der Waals surface area contributed by atoms with Crippen LogP contribution in [-0.2, 0) is 36.1 Å². The van der Waals surface area contributed by atoms with Gasteiger partial charge in [-0.15, -0.1) is 0 Å². The number of nitrogens with one attached hydrogen (secondary N) is 2. The summed E-state index contributed by atoms with van der Waals surface area (Å²) in [6.45, 7) is 2.39. The second-order valence-corrected chi connectivity index (χ2v) is 15.2. The molecule has 4 aromatic rings. The van der Waals surface area contributed by atoms with Gasteiger partial charge in [0.2, 0.25) is 11.8 Å². The number of likely N-dealkylation sites (tertiary alicyclic amines) is 1. The fourth-order valence-corrected chi connectivity index (χ4v) is 7.12. The average Bonchev–Trinajstić information content (AvgIpc) is 3.52. The first-order valence-electron chi connectivity index (χ1n) is 18.1. The van der Waals surface area contributed by atoms with Crippen molar-refractivity contribution in [2.45, 2.75) is 56.9 Å². The molecular weight excluding hydrogens is 745 g/mol. The summed E-state index contributed by atoms with van der Waals surface area (Å²) in [4.78, 5) is 48.8. The number of carbonyl (C=O) groups excluding carboxylic acids is 2. The number of aromatic nitrogens is 2. The van der Waals surface area contributed by atoms with Crippen LogP contribution in [0, 0.1) is 0 Å². The maximum Gasteiger partial charge on any atom is 0.407 e. The Morgan fingerprint density at radius 2 is 1.71 bits per heavy atom. The normalized spacial score (nSPS) is 16.8. The van der Waals surface area contributed by atoms with Gasteiger partial charge in [0.25, 0.3) is 0 Å². The van der Waals surface area contributed by atoms with Crippen LogP contribution in [0.2, 0.25) is 10.0 Å². The number of benzene rings is 3. The number of hydrogen-bond acceptors (Lipinski definition) is 8. The molecule has 55 heavy (non-hydrogen) atoms. The van der Waals surface area contributed by atoms with Gasteiger partial charge in [0.05, 0.1) is 36.6 Å². The lowest BCUT2D eigenvalue weighted by atomic mass is 9.81. The fraction of sp³-hybridized carbons (Fsp3) is 0.400. The van der Waals surface area contributed by atoms with Crippen molar-refractivity contribution < 1.29 is 29.3 Å². The van der Waals surface area contributed by atoms with Gasteiger partial charge in [-0.05, 0) is 94.4 Å². The van der Waals surface area contributed by atoms with Gasteiger partial charge in [0, 0.05) is 54.9 Å². The van der Waals surface area contributed by atoms with Gasteiger partial charge in [0.15, 0.2) is 0 Å². The van der Waals surface area contributed by atoms with E-state index >= 15 is 0 Å². The Bertz CT molecular complexity index is 1960. The molecule has 5 rings (SSSR count). The molecule has 2 heterocycles. The van der Waals surface area contributed by atoms with Gasteiger partial charge >= 0.3 is 6.09 Å². The number of imidazole rings is 1. The molecule has 0 bridgehead atoms. The van der Waals surface area contributed by atoms with E-state index in [0.29, 0.717) is 47.4 Å². The quantitative estimate of drug-likeness (QED) is 0.124. The molecule has 1 aliphatic rings. The topological polar surface area (TPSA) is 152 Å². The predicted octanol–water partition coefficient (Wildman–Crippen LogP) is 5.42. The Morgan fingerprint density at radius 1 is 1.02 bits per heavy atom. The molecule has 1 saturated heterocycles. The number of piperidine rings is 1. The number of carboxylic acid groups (broad SMARTS) is 1. The molecule has 4 N–H and O–H groups in total. The lowest BCUT2D eigenvalue weighted by Crippen LogP contribution is -2.64. The summed E-state index contributed by atoms with van der Waals surface area (Å²) in [7, 11) is 7.59. The standard InChI is InChI=1S/C40H49Cl2N7O6/c1-26(37(51)45-33(24-50)38(52)48(5)40(17-6-18-49(25-40)39(53)54)20-27-7-12-30(41)13-8-27)43-21-29-9-14-31(42)19-35(29)55-32-15-10-28(11-16-32)34-22-44-36(47(34)4)23-46(2)3/h7-16,19,22,26,33,43,50H,6,17-18,20-21,23-25H2,1-5H3,(H,45,51)(H,53,54)/t26-,33-,40?/m0/s1. The lowest BCUT2D eigenvalue weighted by molar-refractivity contribution is -0.143. The van der Waals surface area contributed by atoms with Crippen LogP contribution >= 0.6 is 23.2 Å². The van der Waals surface area contributed by atoms with Crippen molar-refractivity contribution in [3.05, 3.63) is 99.9 Å². The highest BCUT2D eigenvalue weighted by Crippen LogP contribution is 2.33. The van der Waals surface area contributed by atoms with Crippen LogP contribution in [0.4, 0.5) is 4.79 Å². The van der Waals surface area contributed by atoms with Crippen molar-refractivity contribution in [2.24, 2.45) is 7.05 Å². The molecule has 15 heteroatoms. The average molecular weight is 795 g/mol. The van der Waals surface area contributed by atoms with E-state index in [0.717, 1.165) is 34.8 Å². The van der Waals surface area contributed by atoms with Crippen LogP contribution in [-0.4, -0.2) is 111 Å². The molecule has 0 aliphatic carbocycles. The van der Waals surface area contributed by atoms with E-state index < -0.39 is 42.1 Å². The third-order valence-corrected chi connectivity index (χ3v) is 10.5. The van der Waals surface area contributed by atoms with Gasteiger partial charge in [-0.25, -0.2) is 9.78 Å². The Balaban J connectivity index is 1.23. The van der Waals surface area contributed by atoms with Crippen LogP contribution in [0.25, 0.3) is 11.3 Å². The van der Waals surface area contributed by atoms with E-state index in [1.165, 1.54) is 9.80 Å². The monoisotopic (exact) mass is 793 g/mol. The number of aliphatic hydroxyl groups excluding tert-OH is 1. The Morgan fingerprint density at radius 3 is 2.36 bits per heavy atom. The summed E-state index contributed by atoms with van der Waals surface area (Å²) in [5, 5.41) is 27.1. The Hall–Kier alpha value is -4.66. The fourth-order valence-electron chi connectivity index (χ4n) is 6.84. The van der Waals surface area contributed by atoms with E-state index in [1.807, 2.05) is 69.8 Å². The minimum absolute atomic E-state index is 0.0785. The van der Waals surface area contributed by atoms with E-state index in [1.54, 1.807) is 38.2 Å². The third-order valence-electron chi connectivity index (χ3n) is 10.1. The zero-order valence-electron chi connectivity index (χ0n) is 31.8. The summed E-state index contributed by atoms with van der Waals surface area (Å²) >= 11 is 12.5. The highest BCUT2D eigenvalue weighted by molar-refractivity contribution is 6.31. The van der Waals surface area contributed by atoms with Crippen LogP contribution < -0.4 is 15.4 Å². The van der Waals surface area contributed by atoms with Crippen molar-refractivity contribution in [1.29, 1.82) is 0 Å². The van der Waals surface area contributed by atoms with Crippen molar-refractivity contribution in [1.82, 2.24) is 34.9 Å². The van der Waals surface area contributed by atoms with E-state index in [9.17, 15) is 24.6 Å². The molecule has 13 nitrogen and oxygen atoms in total. The summed E-state index contributed by atoms with van der Waals surface area (Å²) in [5.74, 6) is 1.03. The summed E-state index contributed by atoms with van der Waals surface area (Å²) in [6.07, 6.45) is 2.21. The van der Waals surface area contributed by atoms with Crippen molar-refractivity contribution in [2.75, 3.05) is 40.8 Å². The first kappa shape index (κ1) is 41.5. The van der Waals surface area contributed by atoms with Gasteiger partial charge in [-0.1, -0.05) is 41.4 Å². The van der Waals surface area contributed by atoms with Crippen molar-refractivity contribution in [3.63, 3.8) is 0 Å². The number of likely N-dealkylation sites (N-methyl/N-ethyl adjacent to an activating group) is 1. The maximum absolute atomic E-state index is 14.0. The zero-order chi connectivity index (χ0) is 39.9. The van der Waals surface area contributed by atoms with E-state index in [-0.39, 0.29) is 13.1 Å². The molecule has 1 aromatic heterocycles. The zero-order valence-corrected chi connectivity index (χ0v) is 33.3. The smallest absolute Gasteiger partial charge is 0.407 e. The van der Waals surface area contributed by atoms with Gasteiger partial charge in [-0.2, -0.15) is 0 Å². The second kappa shape index (κ2) is 18.3. The molecule has 294 valence electrons. The first-order chi connectivity index (χ1) is 26.2. The van der Waals surface area contributed by atoms with Crippen LogP contribution in [0.1, 0.15) is 36.7 Å². The molecule has 0 spiro atoms. The molecule has 0 saturated carbocycles. The molecule has 1 unspecified atom stereocenters. The number of ether oxygens (including phenoxy) is 1. The van der Waals surface area contributed by atoms with Crippen LogP contribution in [0.3, 0.4) is 0 Å².